The number of nitrogens with zero attached hydrogens (tertiary/aromatic N) is 3. The van der Waals surface area contributed by atoms with E-state index in [9.17, 15) is 9.59 Å². The zero-order valence-electron chi connectivity index (χ0n) is 20.3. The highest BCUT2D eigenvalue weighted by molar-refractivity contribution is 5.99. The summed E-state index contributed by atoms with van der Waals surface area (Å²) in [4.78, 5) is 32.6. The largest absolute Gasteiger partial charge is 0.329 e. The fourth-order valence-corrected chi connectivity index (χ4v) is 3.88. The SMILES string of the molecule is Cc1ccc(C(=O)N(CC(=O)Nc2nc(-c3ccccc3)cn2-c2ccccc2)CC(C)C)cc1. The Hall–Kier alpha value is -4.19. The van der Waals surface area contributed by atoms with Crippen LogP contribution in [0.4, 0.5) is 5.95 Å². The molecule has 178 valence electrons. The second-order valence-corrected chi connectivity index (χ2v) is 9.02. The molecule has 0 spiro atoms. The maximum Gasteiger partial charge on any atom is 0.254 e. The zero-order chi connectivity index (χ0) is 24.8. The first-order valence-electron chi connectivity index (χ1n) is 11.8. The van der Waals surface area contributed by atoms with Gasteiger partial charge in [0.1, 0.15) is 6.54 Å². The Morgan fingerprint density at radius 1 is 0.914 bits per heavy atom. The van der Waals surface area contributed by atoms with Crippen molar-refractivity contribution in [2.24, 2.45) is 5.92 Å². The molecule has 0 bridgehead atoms. The molecule has 3 aromatic carbocycles. The molecule has 0 fully saturated rings. The summed E-state index contributed by atoms with van der Waals surface area (Å²) < 4.78 is 1.86. The van der Waals surface area contributed by atoms with Crippen LogP contribution in [0, 0.1) is 12.8 Å². The third-order valence-corrected chi connectivity index (χ3v) is 5.57. The van der Waals surface area contributed by atoms with Gasteiger partial charge in [-0.2, -0.15) is 0 Å². The zero-order valence-corrected chi connectivity index (χ0v) is 20.3. The van der Waals surface area contributed by atoms with E-state index < -0.39 is 0 Å². The van der Waals surface area contributed by atoms with E-state index >= 15 is 0 Å². The summed E-state index contributed by atoms with van der Waals surface area (Å²) >= 11 is 0. The van der Waals surface area contributed by atoms with Crippen molar-refractivity contribution in [1.82, 2.24) is 14.5 Å². The number of anilines is 1. The number of benzene rings is 3. The normalized spacial score (nSPS) is 10.9. The van der Waals surface area contributed by atoms with Crippen LogP contribution in [0.25, 0.3) is 16.9 Å². The average Bonchev–Trinajstić information content (AvgIpc) is 3.28. The lowest BCUT2D eigenvalue weighted by Gasteiger charge is -2.24. The van der Waals surface area contributed by atoms with E-state index in [4.69, 9.17) is 4.98 Å². The highest BCUT2D eigenvalue weighted by Gasteiger charge is 2.21. The highest BCUT2D eigenvalue weighted by atomic mass is 16.2. The lowest BCUT2D eigenvalue weighted by Crippen LogP contribution is -2.40. The number of nitrogens with one attached hydrogen (secondary N) is 1. The molecule has 4 aromatic rings. The number of para-hydroxylation sites is 1. The first-order chi connectivity index (χ1) is 16.9. The van der Waals surface area contributed by atoms with E-state index in [2.05, 4.69) is 5.32 Å². The second-order valence-electron chi connectivity index (χ2n) is 9.02. The summed E-state index contributed by atoms with van der Waals surface area (Å²) in [6.07, 6.45) is 1.91. The number of carbonyl (C=O) groups excluding carboxylic acids is 2. The number of aryl methyl sites for hydroxylation is 1. The number of rotatable bonds is 8. The van der Waals surface area contributed by atoms with Gasteiger partial charge in [0.15, 0.2) is 0 Å². The molecule has 2 amide bonds. The van der Waals surface area contributed by atoms with Crippen LogP contribution in [-0.2, 0) is 4.79 Å². The predicted octanol–water partition coefficient (Wildman–Crippen LogP) is 5.58. The molecule has 0 radical (unpaired) electrons. The van der Waals surface area contributed by atoms with Crippen LogP contribution in [0.5, 0.6) is 0 Å². The van der Waals surface area contributed by atoms with E-state index in [-0.39, 0.29) is 24.3 Å². The quantitative estimate of drug-likeness (QED) is 0.368. The van der Waals surface area contributed by atoms with Crippen LogP contribution in [-0.4, -0.2) is 39.4 Å². The van der Waals surface area contributed by atoms with Crippen molar-refractivity contribution in [3.63, 3.8) is 0 Å². The van der Waals surface area contributed by atoms with Gasteiger partial charge in [0, 0.05) is 29.6 Å². The molecule has 0 aliphatic rings. The van der Waals surface area contributed by atoms with Crippen LogP contribution in [0.2, 0.25) is 0 Å². The van der Waals surface area contributed by atoms with E-state index in [1.54, 1.807) is 17.0 Å². The maximum absolute atomic E-state index is 13.2. The maximum atomic E-state index is 13.2. The third kappa shape index (κ3) is 6.03. The van der Waals surface area contributed by atoms with Gasteiger partial charge in [-0.3, -0.25) is 19.5 Å². The molecule has 0 saturated heterocycles. The molecule has 0 atom stereocenters. The molecule has 4 rings (SSSR count). The molecule has 0 unspecified atom stereocenters. The van der Waals surface area contributed by atoms with Crippen LogP contribution in [0.3, 0.4) is 0 Å². The van der Waals surface area contributed by atoms with Crippen molar-refractivity contribution in [3.8, 4) is 16.9 Å². The molecule has 1 heterocycles. The number of hydrogen-bond acceptors (Lipinski definition) is 3. The molecular formula is C29H30N4O2. The molecular weight excluding hydrogens is 436 g/mol. The van der Waals surface area contributed by atoms with Crippen molar-refractivity contribution in [3.05, 3.63) is 102 Å². The first-order valence-corrected chi connectivity index (χ1v) is 11.8. The van der Waals surface area contributed by atoms with E-state index in [1.807, 2.05) is 104 Å². The summed E-state index contributed by atoms with van der Waals surface area (Å²) in [5, 5.41) is 2.94. The fraction of sp³-hybridized carbons (Fsp3) is 0.207. The molecule has 35 heavy (non-hydrogen) atoms. The van der Waals surface area contributed by atoms with Gasteiger partial charge in [-0.05, 0) is 37.1 Å². The van der Waals surface area contributed by atoms with Gasteiger partial charge >= 0.3 is 0 Å². The van der Waals surface area contributed by atoms with E-state index in [0.29, 0.717) is 18.1 Å². The summed E-state index contributed by atoms with van der Waals surface area (Å²) in [6.45, 7) is 6.45. The number of imidazole rings is 1. The Kier molecular flexibility index (Phi) is 7.41. The lowest BCUT2D eigenvalue weighted by atomic mass is 10.1. The Morgan fingerprint density at radius 3 is 2.17 bits per heavy atom. The number of carbonyl (C=O) groups is 2. The first kappa shape index (κ1) is 24.0. The molecule has 6 nitrogen and oxygen atoms in total. The molecule has 0 saturated carbocycles. The highest BCUT2D eigenvalue weighted by Crippen LogP contribution is 2.24. The van der Waals surface area contributed by atoms with Crippen LogP contribution < -0.4 is 5.32 Å². The van der Waals surface area contributed by atoms with Gasteiger partial charge in [-0.1, -0.05) is 80.1 Å². The van der Waals surface area contributed by atoms with Crippen molar-refractivity contribution < 1.29 is 9.59 Å². The third-order valence-electron chi connectivity index (χ3n) is 5.57. The summed E-state index contributed by atoms with van der Waals surface area (Å²) in [6, 6.07) is 27.0. The minimum atomic E-state index is -0.298. The summed E-state index contributed by atoms with van der Waals surface area (Å²) in [5.41, 5.74) is 4.23. The summed E-state index contributed by atoms with van der Waals surface area (Å²) in [5.74, 6) is 0.166. The molecule has 1 aromatic heterocycles. The van der Waals surface area contributed by atoms with Crippen LogP contribution in [0.1, 0.15) is 29.8 Å². The monoisotopic (exact) mass is 466 g/mol. The topological polar surface area (TPSA) is 67.2 Å². The Balaban J connectivity index is 1.59. The smallest absolute Gasteiger partial charge is 0.254 e. The summed E-state index contributed by atoms with van der Waals surface area (Å²) in [7, 11) is 0. The predicted molar refractivity (Wildman–Crippen MR) is 140 cm³/mol. The number of hydrogen-bond donors (Lipinski definition) is 1. The van der Waals surface area contributed by atoms with Gasteiger partial charge < -0.3 is 4.90 Å². The van der Waals surface area contributed by atoms with E-state index in [1.165, 1.54) is 0 Å². The Bertz CT molecular complexity index is 1280. The Labute approximate surface area is 206 Å². The lowest BCUT2D eigenvalue weighted by molar-refractivity contribution is -0.117. The molecule has 1 N–H and O–H groups in total. The standard InChI is InChI=1S/C29H30N4O2/c1-21(2)18-32(28(35)24-16-14-22(3)15-17-24)20-27(34)31-29-30-26(23-10-6-4-7-11-23)19-33(29)25-12-8-5-9-13-25/h4-17,19,21H,18,20H2,1-3H3,(H,30,31,34). The van der Waals surface area contributed by atoms with Crippen molar-refractivity contribution >= 4 is 17.8 Å². The van der Waals surface area contributed by atoms with Gasteiger partial charge in [-0.25, -0.2) is 4.98 Å². The van der Waals surface area contributed by atoms with Crippen LogP contribution in [0.15, 0.2) is 91.1 Å². The Morgan fingerprint density at radius 2 is 1.54 bits per heavy atom. The van der Waals surface area contributed by atoms with E-state index in [0.717, 1.165) is 22.5 Å². The van der Waals surface area contributed by atoms with Crippen molar-refractivity contribution in [2.75, 3.05) is 18.4 Å². The second kappa shape index (κ2) is 10.8. The number of amides is 2. The van der Waals surface area contributed by atoms with Crippen LogP contribution >= 0.6 is 0 Å². The minimum absolute atomic E-state index is 0.0623. The molecule has 6 heteroatoms. The molecule has 0 aliphatic heterocycles. The minimum Gasteiger partial charge on any atom is -0.329 e. The van der Waals surface area contributed by atoms with Gasteiger partial charge in [-0.15, -0.1) is 0 Å². The molecule has 0 aliphatic carbocycles. The van der Waals surface area contributed by atoms with Gasteiger partial charge in [0.2, 0.25) is 11.9 Å². The van der Waals surface area contributed by atoms with Gasteiger partial charge in [0.05, 0.1) is 5.69 Å². The van der Waals surface area contributed by atoms with Crippen molar-refractivity contribution in [1.29, 1.82) is 0 Å². The van der Waals surface area contributed by atoms with Crippen molar-refractivity contribution in [2.45, 2.75) is 20.8 Å². The number of aromatic nitrogens is 2. The fourth-order valence-electron chi connectivity index (χ4n) is 3.88. The van der Waals surface area contributed by atoms with Gasteiger partial charge in [0.25, 0.3) is 5.91 Å². The average molecular weight is 467 g/mol.